The molecular weight excluding hydrogens is 236 g/mol. The summed E-state index contributed by atoms with van der Waals surface area (Å²) < 4.78 is 5.75. The van der Waals surface area contributed by atoms with Crippen LogP contribution in [0.15, 0.2) is 0 Å². The molecule has 1 saturated heterocycles. The van der Waals surface area contributed by atoms with Crippen molar-refractivity contribution in [3.63, 3.8) is 0 Å². The average molecular weight is 268 g/mol. The molecule has 1 aliphatic heterocycles. The van der Waals surface area contributed by atoms with Gasteiger partial charge in [0.05, 0.1) is 12.7 Å². The quantitative estimate of drug-likeness (QED) is 0.829. The van der Waals surface area contributed by atoms with Gasteiger partial charge in [-0.3, -0.25) is 4.90 Å². The molecule has 112 valence electrons. The minimum atomic E-state index is 0.333. The van der Waals surface area contributed by atoms with E-state index >= 15 is 0 Å². The molecule has 2 fully saturated rings. The third-order valence-corrected chi connectivity index (χ3v) is 4.47. The third kappa shape index (κ3) is 4.44. The second-order valence-corrected chi connectivity index (χ2v) is 7.65. The lowest BCUT2D eigenvalue weighted by Crippen LogP contribution is -2.61. The van der Waals surface area contributed by atoms with E-state index in [1.807, 2.05) is 0 Å². The second-order valence-electron chi connectivity index (χ2n) is 7.65. The first-order valence-corrected chi connectivity index (χ1v) is 7.97. The van der Waals surface area contributed by atoms with Gasteiger partial charge in [-0.2, -0.15) is 0 Å². The Labute approximate surface area is 119 Å². The summed E-state index contributed by atoms with van der Waals surface area (Å²) in [5, 5.41) is 3.78. The van der Waals surface area contributed by atoms with Gasteiger partial charge in [0.1, 0.15) is 0 Å². The van der Waals surface area contributed by atoms with Crippen LogP contribution in [0.25, 0.3) is 0 Å². The maximum atomic E-state index is 5.75. The highest BCUT2D eigenvalue weighted by Crippen LogP contribution is 2.36. The van der Waals surface area contributed by atoms with Crippen LogP contribution in [0.4, 0.5) is 0 Å². The zero-order valence-corrected chi connectivity index (χ0v) is 13.4. The van der Waals surface area contributed by atoms with E-state index in [-0.39, 0.29) is 0 Å². The summed E-state index contributed by atoms with van der Waals surface area (Å²) in [4.78, 5) is 2.67. The van der Waals surface area contributed by atoms with Crippen molar-refractivity contribution in [2.24, 2.45) is 11.3 Å². The molecule has 0 radical (unpaired) electrons. The van der Waals surface area contributed by atoms with Crippen molar-refractivity contribution in [1.82, 2.24) is 10.2 Å². The summed E-state index contributed by atoms with van der Waals surface area (Å²) in [6, 6.07) is 1.34. The molecule has 3 nitrogen and oxygen atoms in total. The van der Waals surface area contributed by atoms with Crippen molar-refractivity contribution in [2.45, 2.75) is 65.6 Å². The molecule has 0 amide bonds. The number of hydrogen-bond donors (Lipinski definition) is 1. The molecule has 19 heavy (non-hydrogen) atoms. The van der Waals surface area contributed by atoms with E-state index in [9.17, 15) is 0 Å². The predicted octanol–water partition coefficient (Wildman–Crippen LogP) is 2.51. The topological polar surface area (TPSA) is 24.5 Å². The van der Waals surface area contributed by atoms with E-state index in [0.717, 1.165) is 31.7 Å². The van der Waals surface area contributed by atoms with Gasteiger partial charge in [0.15, 0.2) is 0 Å². The van der Waals surface area contributed by atoms with Gasteiger partial charge in [-0.05, 0) is 38.0 Å². The Morgan fingerprint density at radius 1 is 1.26 bits per heavy atom. The highest BCUT2D eigenvalue weighted by atomic mass is 16.5. The van der Waals surface area contributed by atoms with Crippen molar-refractivity contribution in [3.8, 4) is 0 Å². The van der Waals surface area contributed by atoms with E-state index in [1.165, 1.54) is 19.4 Å². The summed E-state index contributed by atoms with van der Waals surface area (Å²) in [6.07, 6.45) is 3.19. The Hall–Kier alpha value is -0.120. The molecule has 2 atom stereocenters. The maximum Gasteiger partial charge on any atom is 0.0597 e. The Balaban J connectivity index is 1.90. The number of piperazine rings is 1. The van der Waals surface area contributed by atoms with Gasteiger partial charge in [0.25, 0.3) is 0 Å². The first kappa shape index (κ1) is 15.3. The van der Waals surface area contributed by atoms with Gasteiger partial charge in [0.2, 0.25) is 0 Å². The van der Waals surface area contributed by atoms with Crippen molar-refractivity contribution < 1.29 is 4.74 Å². The molecule has 2 aliphatic rings. The molecule has 1 N–H and O–H groups in total. The molecule has 0 aromatic rings. The zero-order valence-electron chi connectivity index (χ0n) is 13.4. The fourth-order valence-corrected chi connectivity index (χ4v) is 3.16. The molecule has 0 aromatic heterocycles. The Kier molecular flexibility index (Phi) is 4.91. The summed E-state index contributed by atoms with van der Waals surface area (Å²) >= 11 is 0. The molecule has 3 heteroatoms. The molecule has 1 heterocycles. The normalized spacial score (nSPS) is 30.0. The van der Waals surface area contributed by atoms with Crippen molar-refractivity contribution in [3.05, 3.63) is 0 Å². The summed E-state index contributed by atoms with van der Waals surface area (Å²) in [5.74, 6) is 0.939. The smallest absolute Gasteiger partial charge is 0.0597 e. The monoisotopic (exact) mass is 268 g/mol. The van der Waals surface area contributed by atoms with Crippen LogP contribution in [0.5, 0.6) is 0 Å². The van der Waals surface area contributed by atoms with Gasteiger partial charge < -0.3 is 10.1 Å². The van der Waals surface area contributed by atoms with Crippen LogP contribution in [0.1, 0.15) is 47.5 Å². The van der Waals surface area contributed by atoms with E-state index in [1.54, 1.807) is 0 Å². The summed E-state index contributed by atoms with van der Waals surface area (Å²) in [5.41, 5.74) is 0.333. The molecule has 2 unspecified atom stereocenters. The largest absolute Gasteiger partial charge is 0.377 e. The first-order valence-electron chi connectivity index (χ1n) is 7.97. The molecule has 0 spiro atoms. The number of ether oxygens (including phenoxy) is 1. The molecular formula is C16H32N2O. The molecule has 0 aromatic carbocycles. The highest BCUT2D eigenvalue weighted by Gasteiger charge is 2.40. The van der Waals surface area contributed by atoms with Crippen LogP contribution in [0, 0.1) is 11.3 Å². The number of nitrogens with one attached hydrogen (secondary N) is 1. The van der Waals surface area contributed by atoms with Crippen molar-refractivity contribution in [1.29, 1.82) is 0 Å². The molecule has 1 aliphatic carbocycles. The molecule has 0 bridgehead atoms. The average Bonchev–Trinajstić information content (AvgIpc) is 3.10. The Morgan fingerprint density at radius 3 is 2.47 bits per heavy atom. The predicted molar refractivity (Wildman–Crippen MR) is 80.4 cm³/mol. The van der Waals surface area contributed by atoms with E-state index in [0.29, 0.717) is 17.6 Å². The van der Waals surface area contributed by atoms with Crippen molar-refractivity contribution >= 4 is 0 Å². The van der Waals surface area contributed by atoms with Gasteiger partial charge in [-0.25, -0.2) is 0 Å². The van der Waals surface area contributed by atoms with E-state index < -0.39 is 0 Å². The Morgan fingerprint density at radius 2 is 1.95 bits per heavy atom. The lowest BCUT2D eigenvalue weighted by Gasteiger charge is -2.46. The lowest BCUT2D eigenvalue weighted by atomic mass is 9.83. The fraction of sp³-hybridized carbons (Fsp3) is 1.00. The lowest BCUT2D eigenvalue weighted by molar-refractivity contribution is 0.00729. The van der Waals surface area contributed by atoms with Crippen LogP contribution in [-0.4, -0.2) is 49.3 Å². The van der Waals surface area contributed by atoms with Crippen LogP contribution >= 0.6 is 0 Å². The van der Waals surface area contributed by atoms with Crippen LogP contribution in [-0.2, 0) is 4.74 Å². The van der Waals surface area contributed by atoms with Crippen LogP contribution in [0.2, 0.25) is 0 Å². The first-order chi connectivity index (χ1) is 8.88. The fourth-order valence-electron chi connectivity index (χ4n) is 3.16. The van der Waals surface area contributed by atoms with Gasteiger partial charge in [-0.1, -0.05) is 20.8 Å². The summed E-state index contributed by atoms with van der Waals surface area (Å²) in [6.45, 7) is 15.6. The van der Waals surface area contributed by atoms with Gasteiger partial charge >= 0.3 is 0 Å². The summed E-state index contributed by atoms with van der Waals surface area (Å²) in [7, 11) is 0. The van der Waals surface area contributed by atoms with Gasteiger partial charge in [-0.15, -0.1) is 0 Å². The third-order valence-electron chi connectivity index (χ3n) is 4.47. The van der Waals surface area contributed by atoms with E-state index in [2.05, 4.69) is 44.8 Å². The minimum Gasteiger partial charge on any atom is -0.377 e. The molecule has 1 saturated carbocycles. The highest BCUT2D eigenvalue weighted by molar-refractivity contribution is 4.97. The zero-order chi connectivity index (χ0) is 14.0. The Bertz CT molecular complexity index is 281. The number of hydrogen-bond acceptors (Lipinski definition) is 3. The number of rotatable bonds is 5. The van der Waals surface area contributed by atoms with Crippen molar-refractivity contribution in [2.75, 3.05) is 26.2 Å². The SMILES string of the molecule is CC(C)OCCN1CC(C2CC2)NCC1C(C)(C)C. The van der Waals surface area contributed by atoms with Gasteiger partial charge in [0, 0.05) is 31.7 Å². The maximum absolute atomic E-state index is 5.75. The van der Waals surface area contributed by atoms with Crippen LogP contribution < -0.4 is 5.32 Å². The minimum absolute atomic E-state index is 0.333. The second kappa shape index (κ2) is 6.11. The number of nitrogens with zero attached hydrogens (tertiary/aromatic N) is 1. The van der Waals surface area contributed by atoms with E-state index in [4.69, 9.17) is 4.74 Å². The standard InChI is InChI=1S/C16H32N2O/c1-12(2)19-9-8-18-11-14(13-6-7-13)17-10-15(18)16(3,4)5/h12-15,17H,6-11H2,1-5H3. The van der Waals surface area contributed by atoms with Crippen LogP contribution in [0.3, 0.4) is 0 Å². The molecule has 2 rings (SSSR count).